The zero-order valence-electron chi connectivity index (χ0n) is 4.10. The van der Waals surface area contributed by atoms with Crippen LogP contribution >= 0.6 is 0 Å². The Morgan fingerprint density at radius 3 is 2.71 bits per heavy atom. The molecule has 0 heterocycles. The SMILES string of the molecule is COC(=O)C[CH]=[Sn]. The van der Waals surface area contributed by atoms with Crippen LogP contribution in [0, 0.1) is 0 Å². The Kier molecular flexibility index (Phi) is 4.39. The summed E-state index contributed by atoms with van der Waals surface area (Å²) in [5, 5.41) is 0. The molecule has 0 saturated heterocycles. The minimum atomic E-state index is -0.156. The van der Waals surface area contributed by atoms with Gasteiger partial charge in [-0.15, -0.1) is 0 Å². The van der Waals surface area contributed by atoms with E-state index in [-0.39, 0.29) is 5.97 Å². The summed E-state index contributed by atoms with van der Waals surface area (Å²) in [7, 11) is 1.39. The molecule has 0 atom stereocenters. The van der Waals surface area contributed by atoms with Gasteiger partial charge in [0.15, 0.2) is 0 Å². The van der Waals surface area contributed by atoms with Gasteiger partial charge in [-0.1, -0.05) is 0 Å². The number of methoxy groups -OCH3 is 1. The van der Waals surface area contributed by atoms with Crippen LogP contribution in [-0.2, 0) is 9.53 Å². The Hall–Kier alpha value is 0.139. The summed E-state index contributed by atoms with van der Waals surface area (Å²) in [5.74, 6) is -0.156. The van der Waals surface area contributed by atoms with Crippen LogP contribution in [0.3, 0.4) is 0 Å². The van der Waals surface area contributed by atoms with E-state index in [0.29, 0.717) is 6.42 Å². The van der Waals surface area contributed by atoms with Crippen LogP contribution in [0.1, 0.15) is 6.42 Å². The van der Waals surface area contributed by atoms with Crippen LogP contribution in [0.5, 0.6) is 0 Å². The predicted molar refractivity (Wildman–Crippen MR) is 28.5 cm³/mol. The first-order valence-electron chi connectivity index (χ1n) is 1.87. The molecule has 0 saturated carbocycles. The first-order valence-corrected chi connectivity index (χ1v) is 3.51. The number of carbonyl (C=O) groups is 1. The Labute approximate surface area is 55.4 Å². The van der Waals surface area contributed by atoms with E-state index < -0.39 is 0 Å². The maximum atomic E-state index is 10.2. The topological polar surface area (TPSA) is 26.3 Å². The summed E-state index contributed by atoms with van der Waals surface area (Å²) in [6.45, 7) is 0. The van der Waals surface area contributed by atoms with Crippen molar-refractivity contribution in [1.29, 1.82) is 0 Å². The van der Waals surface area contributed by atoms with Gasteiger partial charge >= 0.3 is 55.1 Å². The van der Waals surface area contributed by atoms with Crippen molar-refractivity contribution in [3.63, 3.8) is 0 Å². The van der Waals surface area contributed by atoms with Gasteiger partial charge < -0.3 is 0 Å². The molecule has 0 spiro atoms. The molecule has 0 aliphatic heterocycles. The van der Waals surface area contributed by atoms with E-state index in [1.807, 2.05) is 4.02 Å². The van der Waals surface area contributed by atoms with Crippen molar-refractivity contribution in [1.82, 2.24) is 0 Å². The van der Waals surface area contributed by atoms with Crippen molar-refractivity contribution >= 4 is 32.0 Å². The van der Waals surface area contributed by atoms with Crippen molar-refractivity contribution in [3.8, 4) is 0 Å². The summed E-state index contributed by atoms with van der Waals surface area (Å²) in [4.78, 5) is 10.2. The van der Waals surface area contributed by atoms with Crippen LogP contribution < -0.4 is 0 Å². The van der Waals surface area contributed by atoms with E-state index in [1.165, 1.54) is 29.2 Å². The molecule has 0 aromatic rings. The average Bonchev–Trinajstić information content (AvgIpc) is 1.68. The second-order valence-corrected chi connectivity index (χ2v) is 2.15. The van der Waals surface area contributed by atoms with E-state index in [4.69, 9.17) is 0 Å². The molecule has 0 N–H and O–H groups in total. The van der Waals surface area contributed by atoms with E-state index in [0.717, 1.165) is 0 Å². The van der Waals surface area contributed by atoms with E-state index in [2.05, 4.69) is 4.74 Å². The zero-order chi connectivity index (χ0) is 5.70. The second kappa shape index (κ2) is 4.30. The first-order chi connectivity index (χ1) is 3.31. The number of hydrogen-bond acceptors (Lipinski definition) is 2. The molecule has 0 aromatic carbocycles. The molecule has 2 radical (unpaired) electrons. The Bertz CT molecular complexity index is 79.8. The summed E-state index contributed by atoms with van der Waals surface area (Å²) >= 11 is 1.27. The fraction of sp³-hybridized carbons (Fsp3) is 0.500. The van der Waals surface area contributed by atoms with Gasteiger partial charge in [0.1, 0.15) is 0 Å². The molecule has 0 bridgehead atoms. The molecule has 0 aliphatic carbocycles. The van der Waals surface area contributed by atoms with E-state index in [9.17, 15) is 4.79 Å². The fourth-order valence-electron chi connectivity index (χ4n) is 0.167. The Balaban J connectivity index is 3.17. The van der Waals surface area contributed by atoms with Gasteiger partial charge in [0.2, 0.25) is 0 Å². The van der Waals surface area contributed by atoms with Gasteiger partial charge in [0.25, 0.3) is 0 Å². The summed E-state index contributed by atoms with van der Waals surface area (Å²) in [5.41, 5.74) is 0. The van der Waals surface area contributed by atoms with Crippen LogP contribution in [-0.4, -0.2) is 39.2 Å². The molecule has 7 heavy (non-hydrogen) atoms. The second-order valence-electron chi connectivity index (χ2n) is 0.984. The zero-order valence-corrected chi connectivity index (χ0v) is 6.96. The molecular formula is C4H6O2Sn. The maximum absolute atomic E-state index is 10.2. The molecule has 0 aliphatic rings. The molecule has 3 heteroatoms. The van der Waals surface area contributed by atoms with Crippen molar-refractivity contribution in [2.24, 2.45) is 0 Å². The Morgan fingerprint density at radius 1 is 2.00 bits per heavy atom. The molecule has 38 valence electrons. The average molecular weight is 205 g/mol. The molecule has 0 amide bonds. The first kappa shape index (κ1) is 7.14. The minimum absolute atomic E-state index is 0.156. The predicted octanol–water partition coefficient (Wildman–Crippen LogP) is -0.480. The summed E-state index contributed by atoms with van der Waals surface area (Å²) in [6.07, 6.45) is 0.453. The monoisotopic (exact) mass is 206 g/mol. The van der Waals surface area contributed by atoms with Gasteiger partial charge in [-0.05, 0) is 0 Å². The van der Waals surface area contributed by atoms with Gasteiger partial charge in [-0.25, -0.2) is 0 Å². The number of rotatable bonds is 2. The van der Waals surface area contributed by atoms with E-state index in [1.54, 1.807) is 0 Å². The van der Waals surface area contributed by atoms with Crippen molar-refractivity contribution in [2.45, 2.75) is 6.42 Å². The fourth-order valence-corrected chi connectivity index (χ4v) is 0.642. The number of esters is 1. The van der Waals surface area contributed by atoms with E-state index >= 15 is 0 Å². The normalized spacial score (nSPS) is 7.57. The third kappa shape index (κ3) is 3.98. The van der Waals surface area contributed by atoms with Crippen LogP contribution in [0.15, 0.2) is 0 Å². The molecule has 2 nitrogen and oxygen atoms in total. The molecule has 0 rings (SSSR count). The molecule has 0 unspecified atom stereocenters. The van der Waals surface area contributed by atoms with Crippen molar-refractivity contribution in [2.75, 3.05) is 7.11 Å². The third-order valence-electron chi connectivity index (χ3n) is 0.496. The van der Waals surface area contributed by atoms with Gasteiger partial charge in [0.05, 0.1) is 0 Å². The van der Waals surface area contributed by atoms with Crippen LogP contribution in [0.4, 0.5) is 0 Å². The molecular weight excluding hydrogens is 199 g/mol. The van der Waals surface area contributed by atoms with Gasteiger partial charge in [-0.2, -0.15) is 0 Å². The Morgan fingerprint density at radius 2 is 2.57 bits per heavy atom. The van der Waals surface area contributed by atoms with Crippen molar-refractivity contribution in [3.05, 3.63) is 0 Å². The summed E-state index contributed by atoms with van der Waals surface area (Å²) in [6, 6.07) is 0. The quantitative estimate of drug-likeness (QED) is 0.449. The van der Waals surface area contributed by atoms with Crippen LogP contribution in [0.2, 0.25) is 0 Å². The van der Waals surface area contributed by atoms with Crippen molar-refractivity contribution < 1.29 is 9.53 Å². The standard InChI is InChI=1S/C4H6O2.Sn/c1-3-4(5)6-2;/h1H,3H2,2H3;. The number of carbonyl (C=O) groups excluding carboxylic acids is 1. The number of ether oxygens (including phenoxy) is 1. The van der Waals surface area contributed by atoms with Gasteiger partial charge in [-0.3, -0.25) is 0 Å². The van der Waals surface area contributed by atoms with Crippen LogP contribution in [0.25, 0.3) is 0 Å². The summed E-state index contributed by atoms with van der Waals surface area (Å²) < 4.78 is 6.18. The molecule has 0 aromatic heterocycles. The number of hydrogen-bond donors (Lipinski definition) is 0. The third-order valence-corrected chi connectivity index (χ3v) is 1.08. The molecule has 0 fully saturated rings. The van der Waals surface area contributed by atoms with Gasteiger partial charge in [0, 0.05) is 0 Å².